The number of carboxylic acid groups (broad SMARTS) is 1. The van der Waals surface area contributed by atoms with E-state index in [1.165, 1.54) is 0 Å². The number of halogens is 1. The third kappa shape index (κ3) is 3.33. The highest BCUT2D eigenvalue weighted by Crippen LogP contribution is 2.33. The van der Waals surface area contributed by atoms with Crippen molar-refractivity contribution >= 4 is 5.97 Å². The Labute approximate surface area is 79.1 Å². The summed E-state index contributed by atoms with van der Waals surface area (Å²) in [4.78, 5) is 11.0. The van der Waals surface area contributed by atoms with Crippen molar-refractivity contribution in [2.75, 3.05) is 6.67 Å². The Kier molecular flexibility index (Phi) is 5.67. The van der Waals surface area contributed by atoms with Gasteiger partial charge in [0.15, 0.2) is 0 Å². The quantitative estimate of drug-likeness (QED) is 0.670. The first kappa shape index (κ1) is 12.4. The molecule has 0 aliphatic carbocycles. The molecule has 0 aromatic rings. The van der Waals surface area contributed by atoms with Crippen LogP contribution in [0.5, 0.6) is 0 Å². The Morgan fingerprint density at radius 1 is 1.38 bits per heavy atom. The Balaban J connectivity index is 4.35. The maximum Gasteiger partial charge on any atom is 0.309 e. The molecule has 0 saturated carbocycles. The normalized spacial score (nSPS) is 15.3. The standard InChI is InChI=1S/C10H19FO2/c1-3-5-6-10(4-2,7-8-11)9(12)13/h3-8H2,1-2H3,(H,12,13). The van der Waals surface area contributed by atoms with E-state index in [1.54, 1.807) is 0 Å². The maximum absolute atomic E-state index is 12.2. The molecule has 0 spiro atoms. The lowest BCUT2D eigenvalue weighted by Crippen LogP contribution is -2.31. The molecule has 0 aromatic carbocycles. The van der Waals surface area contributed by atoms with E-state index >= 15 is 0 Å². The SMILES string of the molecule is CCCCC(CC)(CCF)C(=O)O. The molecule has 0 amide bonds. The zero-order valence-electron chi connectivity index (χ0n) is 8.48. The highest BCUT2D eigenvalue weighted by Gasteiger charge is 2.35. The third-order valence-electron chi connectivity index (χ3n) is 2.71. The Bertz CT molecular complexity index is 159. The van der Waals surface area contributed by atoms with Gasteiger partial charge in [-0.05, 0) is 19.3 Å². The van der Waals surface area contributed by atoms with Gasteiger partial charge >= 0.3 is 5.97 Å². The van der Waals surface area contributed by atoms with Crippen LogP contribution >= 0.6 is 0 Å². The van der Waals surface area contributed by atoms with Gasteiger partial charge in [-0.3, -0.25) is 9.18 Å². The van der Waals surface area contributed by atoms with Gasteiger partial charge in [-0.2, -0.15) is 0 Å². The molecule has 0 heterocycles. The summed E-state index contributed by atoms with van der Waals surface area (Å²) in [5.41, 5.74) is -0.815. The number of carboxylic acids is 1. The van der Waals surface area contributed by atoms with Crippen molar-refractivity contribution in [3.8, 4) is 0 Å². The van der Waals surface area contributed by atoms with Crippen molar-refractivity contribution in [1.82, 2.24) is 0 Å². The van der Waals surface area contributed by atoms with E-state index in [4.69, 9.17) is 5.11 Å². The molecule has 0 saturated heterocycles. The number of alkyl halides is 1. The minimum Gasteiger partial charge on any atom is -0.481 e. The van der Waals surface area contributed by atoms with Crippen molar-refractivity contribution in [3.05, 3.63) is 0 Å². The molecule has 3 heteroatoms. The fourth-order valence-corrected chi connectivity index (χ4v) is 1.54. The van der Waals surface area contributed by atoms with E-state index in [1.807, 2.05) is 13.8 Å². The largest absolute Gasteiger partial charge is 0.481 e. The number of aliphatic carboxylic acids is 1. The van der Waals surface area contributed by atoms with Gasteiger partial charge in [0.2, 0.25) is 0 Å². The van der Waals surface area contributed by atoms with Crippen LogP contribution in [0.1, 0.15) is 46.0 Å². The van der Waals surface area contributed by atoms with Crippen LogP contribution < -0.4 is 0 Å². The van der Waals surface area contributed by atoms with Gasteiger partial charge < -0.3 is 5.11 Å². The first-order chi connectivity index (χ1) is 6.13. The molecule has 0 aromatic heterocycles. The molecule has 1 unspecified atom stereocenters. The minimum atomic E-state index is -0.846. The second kappa shape index (κ2) is 5.95. The first-order valence-corrected chi connectivity index (χ1v) is 4.92. The third-order valence-corrected chi connectivity index (χ3v) is 2.71. The molecule has 13 heavy (non-hydrogen) atoms. The van der Waals surface area contributed by atoms with E-state index in [0.29, 0.717) is 12.8 Å². The molecular formula is C10H19FO2. The number of hydrogen-bond acceptors (Lipinski definition) is 1. The highest BCUT2D eigenvalue weighted by molar-refractivity contribution is 5.74. The van der Waals surface area contributed by atoms with Crippen LogP contribution in [0.3, 0.4) is 0 Å². The van der Waals surface area contributed by atoms with Crippen LogP contribution in [0, 0.1) is 5.41 Å². The van der Waals surface area contributed by atoms with Crippen LogP contribution in [-0.4, -0.2) is 17.8 Å². The average molecular weight is 190 g/mol. The summed E-state index contributed by atoms with van der Waals surface area (Å²) in [6, 6.07) is 0. The van der Waals surface area contributed by atoms with Gasteiger partial charge in [0.05, 0.1) is 12.1 Å². The summed E-state index contributed by atoms with van der Waals surface area (Å²) >= 11 is 0. The molecule has 1 atom stereocenters. The molecule has 0 fully saturated rings. The Morgan fingerprint density at radius 2 is 2.00 bits per heavy atom. The fourth-order valence-electron chi connectivity index (χ4n) is 1.54. The topological polar surface area (TPSA) is 37.3 Å². The molecule has 0 radical (unpaired) electrons. The van der Waals surface area contributed by atoms with Crippen LogP contribution in [0.25, 0.3) is 0 Å². The van der Waals surface area contributed by atoms with Crippen molar-refractivity contribution in [3.63, 3.8) is 0 Å². The van der Waals surface area contributed by atoms with Crippen LogP contribution in [0.15, 0.2) is 0 Å². The van der Waals surface area contributed by atoms with Gasteiger partial charge in [-0.15, -0.1) is 0 Å². The fraction of sp³-hybridized carbons (Fsp3) is 0.900. The number of carbonyl (C=O) groups is 1. The summed E-state index contributed by atoms with van der Waals surface area (Å²) in [7, 11) is 0. The first-order valence-electron chi connectivity index (χ1n) is 4.92. The average Bonchev–Trinajstić information content (AvgIpc) is 2.12. The Hall–Kier alpha value is -0.600. The zero-order valence-corrected chi connectivity index (χ0v) is 8.48. The zero-order chi connectivity index (χ0) is 10.3. The van der Waals surface area contributed by atoms with Crippen molar-refractivity contribution < 1.29 is 14.3 Å². The molecule has 0 aliphatic heterocycles. The van der Waals surface area contributed by atoms with Gasteiger partial charge in [0.1, 0.15) is 0 Å². The van der Waals surface area contributed by atoms with Crippen LogP contribution in [-0.2, 0) is 4.79 Å². The van der Waals surface area contributed by atoms with Gasteiger partial charge in [-0.25, -0.2) is 0 Å². The highest BCUT2D eigenvalue weighted by atomic mass is 19.1. The molecule has 0 bridgehead atoms. The second-order valence-corrected chi connectivity index (χ2v) is 3.48. The van der Waals surface area contributed by atoms with E-state index in [9.17, 15) is 9.18 Å². The molecule has 2 nitrogen and oxygen atoms in total. The van der Waals surface area contributed by atoms with Crippen molar-refractivity contribution in [2.45, 2.75) is 46.0 Å². The van der Waals surface area contributed by atoms with Gasteiger partial charge in [0.25, 0.3) is 0 Å². The summed E-state index contributed by atoms with van der Waals surface area (Å²) in [6.07, 6.45) is 3.09. The summed E-state index contributed by atoms with van der Waals surface area (Å²) in [5.74, 6) is -0.846. The number of hydrogen-bond donors (Lipinski definition) is 1. The second-order valence-electron chi connectivity index (χ2n) is 3.48. The van der Waals surface area contributed by atoms with E-state index in [0.717, 1.165) is 12.8 Å². The van der Waals surface area contributed by atoms with E-state index < -0.39 is 18.1 Å². The lowest BCUT2D eigenvalue weighted by Gasteiger charge is -2.26. The van der Waals surface area contributed by atoms with Crippen LogP contribution in [0.4, 0.5) is 4.39 Å². The van der Waals surface area contributed by atoms with E-state index in [2.05, 4.69) is 0 Å². The van der Waals surface area contributed by atoms with E-state index in [-0.39, 0.29) is 6.42 Å². The summed E-state index contributed by atoms with van der Waals surface area (Å²) in [6.45, 7) is 3.29. The molecule has 78 valence electrons. The molecular weight excluding hydrogens is 171 g/mol. The lowest BCUT2D eigenvalue weighted by atomic mass is 9.78. The number of rotatable bonds is 7. The lowest BCUT2D eigenvalue weighted by molar-refractivity contribution is -0.150. The predicted molar refractivity (Wildman–Crippen MR) is 50.5 cm³/mol. The Morgan fingerprint density at radius 3 is 2.31 bits per heavy atom. The molecule has 0 aliphatic rings. The maximum atomic E-state index is 12.2. The van der Waals surface area contributed by atoms with Crippen molar-refractivity contribution in [1.29, 1.82) is 0 Å². The smallest absolute Gasteiger partial charge is 0.309 e. The summed E-state index contributed by atoms with van der Waals surface area (Å²) in [5, 5.41) is 9.01. The van der Waals surface area contributed by atoms with Crippen molar-refractivity contribution in [2.24, 2.45) is 5.41 Å². The van der Waals surface area contributed by atoms with Gasteiger partial charge in [-0.1, -0.05) is 26.7 Å². The van der Waals surface area contributed by atoms with Gasteiger partial charge in [0, 0.05) is 0 Å². The van der Waals surface area contributed by atoms with Crippen LogP contribution in [0.2, 0.25) is 0 Å². The molecule has 0 rings (SSSR count). The molecule has 1 N–H and O–H groups in total. The summed E-state index contributed by atoms with van der Waals surface area (Å²) < 4.78 is 12.2. The number of unbranched alkanes of at least 4 members (excludes halogenated alkanes) is 1. The minimum absolute atomic E-state index is 0.152. The predicted octanol–water partition coefficient (Wildman–Crippen LogP) is 3.02. The monoisotopic (exact) mass is 190 g/mol.